The summed E-state index contributed by atoms with van der Waals surface area (Å²) in [5.74, 6) is 0.741. The number of benzene rings is 3. The van der Waals surface area contributed by atoms with E-state index in [-0.39, 0.29) is 5.91 Å². The predicted octanol–water partition coefficient (Wildman–Crippen LogP) is 6.10. The van der Waals surface area contributed by atoms with Crippen LogP contribution in [0.2, 0.25) is 0 Å². The largest absolute Gasteiger partial charge is 0.337 e. The Balaban J connectivity index is 1.43. The first kappa shape index (κ1) is 22.9. The van der Waals surface area contributed by atoms with Gasteiger partial charge in [0, 0.05) is 24.9 Å². The Labute approximate surface area is 205 Å². The maximum atomic E-state index is 12.9. The molecule has 0 saturated heterocycles. The van der Waals surface area contributed by atoms with Gasteiger partial charge in [0.05, 0.1) is 17.3 Å². The molecule has 1 aromatic heterocycles. The van der Waals surface area contributed by atoms with Crippen molar-refractivity contribution in [3.63, 3.8) is 0 Å². The maximum absolute atomic E-state index is 12.9. The van der Waals surface area contributed by atoms with E-state index in [9.17, 15) is 4.79 Å². The highest BCUT2D eigenvalue weighted by Crippen LogP contribution is 2.27. The van der Waals surface area contributed by atoms with E-state index in [1.165, 1.54) is 16.9 Å². The molecule has 164 valence electrons. The summed E-state index contributed by atoms with van der Waals surface area (Å²) in [7, 11) is 1.75. The van der Waals surface area contributed by atoms with Crippen molar-refractivity contribution in [2.45, 2.75) is 16.6 Å². The lowest BCUT2D eigenvalue weighted by Crippen LogP contribution is -2.26. The number of hydrogen-bond donors (Lipinski definition) is 0. The van der Waals surface area contributed by atoms with E-state index < -0.39 is 0 Å². The van der Waals surface area contributed by atoms with Gasteiger partial charge in [-0.1, -0.05) is 65.6 Å². The molecule has 3 aromatic carbocycles. The fraction of sp³-hybridized carbons (Fsp3) is 0.120. The zero-order valence-corrected chi connectivity index (χ0v) is 20.3. The minimum Gasteiger partial charge on any atom is -0.337 e. The molecule has 0 aliphatic carbocycles. The highest BCUT2D eigenvalue weighted by atomic mass is 32.2. The van der Waals surface area contributed by atoms with Crippen LogP contribution in [0.5, 0.6) is 0 Å². The molecular formula is C25H20N4OS3. The Morgan fingerprint density at radius 2 is 1.82 bits per heavy atom. The van der Waals surface area contributed by atoms with Gasteiger partial charge < -0.3 is 4.90 Å². The van der Waals surface area contributed by atoms with E-state index >= 15 is 0 Å². The summed E-state index contributed by atoms with van der Waals surface area (Å²) in [6, 6.07) is 26.9. The van der Waals surface area contributed by atoms with Gasteiger partial charge in [-0.05, 0) is 59.7 Å². The number of thioether (sulfide) groups is 1. The van der Waals surface area contributed by atoms with E-state index in [0.29, 0.717) is 21.6 Å². The van der Waals surface area contributed by atoms with Gasteiger partial charge >= 0.3 is 0 Å². The molecule has 1 heterocycles. The maximum Gasteiger partial charge on any atom is 0.253 e. The third kappa shape index (κ3) is 5.76. The Morgan fingerprint density at radius 3 is 2.55 bits per heavy atom. The SMILES string of the molecule is CN(Cc1cccc(C#N)c1)C(=O)c1ccc(-n2nc(SCc3ccccc3)sc2=S)cc1. The first-order valence-electron chi connectivity index (χ1n) is 10.2. The number of hydrogen-bond acceptors (Lipinski definition) is 6. The minimum absolute atomic E-state index is 0.0927. The Morgan fingerprint density at radius 1 is 1.09 bits per heavy atom. The van der Waals surface area contributed by atoms with E-state index in [1.54, 1.807) is 52.7 Å². The molecule has 1 amide bonds. The number of amides is 1. The predicted molar refractivity (Wildman–Crippen MR) is 135 cm³/mol. The van der Waals surface area contributed by atoms with Crippen molar-refractivity contribution in [3.8, 4) is 11.8 Å². The van der Waals surface area contributed by atoms with Gasteiger partial charge in [-0.2, -0.15) is 5.26 Å². The Kier molecular flexibility index (Phi) is 7.35. The lowest BCUT2D eigenvalue weighted by atomic mass is 10.1. The first-order chi connectivity index (χ1) is 16.0. The second-order valence-corrected chi connectivity index (χ2v) is 10.2. The van der Waals surface area contributed by atoms with Crippen molar-refractivity contribution >= 4 is 41.2 Å². The Bertz CT molecular complexity index is 1350. The van der Waals surface area contributed by atoms with Crippen LogP contribution in [0.3, 0.4) is 0 Å². The molecule has 0 saturated carbocycles. The van der Waals surface area contributed by atoms with Crippen LogP contribution in [0.4, 0.5) is 0 Å². The number of aromatic nitrogens is 2. The summed E-state index contributed by atoms with van der Waals surface area (Å²) in [6.45, 7) is 0.426. The highest BCUT2D eigenvalue weighted by molar-refractivity contribution is 8.00. The van der Waals surface area contributed by atoms with Crippen LogP contribution in [0.15, 0.2) is 83.2 Å². The number of rotatable bonds is 7. The topological polar surface area (TPSA) is 61.9 Å². The monoisotopic (exact) mass is 488 g/mol. The summed E-state index contributed by atoms with van der Waals surface area (Å²) >= 11 is 8.65. The van der Waals surface area contributed by atoms with Crippen LogP contribution in [0, 0.1) is 15.3 Å². The molecule has 0 bridgehead atoms. The molecule has 4 rings (SSSR count). The van der Waals surface area contributed by atoms with E-state index in [0.717, 1.165) is 21.3 Å². The third-order valence-corrected chi connectivity index (χ3v) is 7.35. The second-order valence-electron chi connectivity index (χ2n) is 7.34. The molecule has 4 aromatic rings. The molecule has 33 heavy (non-hydrogen) atoms. The molecule has 0 aliphatic rings. The molecular weight excluding hydrogens is 469 g/mol. The van der Waals surface area contributed by atoms with Crippen LogP contribution in [0.25, 0.3) is 5.69 Å². The molecule has 0 N–H and O–H groups in total. The standard InChI is InChI=1S/C25H20N4OS3/c1-28(16-20-9-5-8-19(14-20)15-26)23(30)21-10-12-22(13-11-21)29-25(31)33-24(27-29)32-17-18-6-3-2-4-7-18/h2-14H,16-17H2,1H3. The second kappa shape index (κ2) is 10.6. The first-order valence-corrected chi connectivity index (χ1v) is 12.4. The van der Waals surface area contributed by atoms with Crippen LogP contribution >= 0.6 is 35.3 Å². The Hall–Kier alpha value is -3.25. The molecule has 0 unspecified atom stereocenters. The normalized spacial score (nSPS) is 10.5. The fourth-order valence-electron chi connectivity index (χ4n) is 3.25. The molecule has 0 fully saturated rings. The fourth-order valence-corrected chi connectivity index (χ4v) is 5.57. The van der Waals surface area contributed by atoms with Crippen molar-refractivity contribution in [1.29, 1.82) is 5.26 Å². The average molecular weight is 489 g/mol. The zero-order valence-electron chi connectivity index (χ0n) is 17.8. The highest BCUT2D eigenvalue weighted by Gasteiger charge is 2.13. The smallest absolute Gasteiger partial charge is 0.253 e. The third-order valence-electron chi connectivity index (χ3n) is 4.92. The number of nitriles is 1. The quantitative estimate of drug-likeness (QED) is 0.232. The summed E-state index contributed by atoms with van der Waals surface area (Å²) in [5.41, 5.74) is 4.14. The van der Waals surface area contributed by atoms with Crippen molar-refractivity contribution in [3.05, 3.63) is 105 Å². The van der Waals surface area contributed by atoms with Gasteiger partial charge in [0.2, 0.25) is 0 Å². The van der Waals surface area contributed by atoms with Crippen LogP contribution < -0.4 is 0 Å². The molecule has 0 spiro atoms. The van der Waals surface area contributed by atoms with Crippen molar-refractivity contribution in [2.24, 2.45) is 0 Å². The number of carbonyl (C=O) groups excluding carboxylic acids is 1. The molecule has 8 heteroatoms. The summed E-state index contributed by atoms with van der Waals surface area (Å²) in [4.78, 5) is 14.5. The van der Waals surface area contributed by atoms with Gasteiger partial charge in [-0.15, -0.1) is 5.10 Å². The van der Waals surface area contributed by atoms with Gasteiger partial charge in [-0.3, -0.25) is 4.79 Å². The average Bonchev–Trinajstić information content (AvgIpc) is 3.23. The van der Waals surface area contributed by atoms with Gasteiger partial charge in [0.15, 0.2) is 8.29 Å². The lowest BCUT2D eigenvalue weighted by molar-refractivity contribution is 0.0785. The molecule has 0 atom stereocenters. The van der Waals surface area contributed by atoms with Crippen molar-refractivity contribution in [2.75, 3.05) is 7.05 Å². The van der Waals surface area contributed by atoms with Crippen LogP contribution in [-0.4, -0.2) is 27.6 Å². The molecule has 0 radical (unpaired) electrons. The van der Waals surface area contributed by atoms with E-state index in [2.05, 4.69) is 23.3 Å². The zero-order chi connectivity index (χ0) is 23.2. The minimum atomic E-state index is -0.0927. The van der Waals surface area contributed by atoms with Crippen LogP contribution in [-0.2, 0) is 12.3 Å². The lowest BCUT2D eigenvalue weighted by Gasteiger charge is -2.17. The molecule has 5 nitrogen and oxygen atoms in total. The van der Waals surface area contributed by atoms with Gasteiger partial charge in [0.25, 0.3) is 5.91 Å². The van der Waals surface area contributed by atoms with Crippen molar-refractivity contribution < 1.29 is 4.79 Å². The van der Waals surface area contributed by atoms with E-state index in [4.69, 9.17) is 17.5 Å². The summed E-state index contributed by atoms with van der Waals surface area (Å²) in [5, 5.41) is 13.7. The summed E-state index contributed by atoms with van der Waals surface area (Å²) < 4.78 is 3.31. The number of nitrogens with zero attached hydrogens (tertiary/aromatic N) is 4. The van der Waals surface area contributed by atoms with Crippen molar-refractivity contribution in [1.82, 2.24) is 14.7 Å². The molecule has 0 aliphatic heterocycles. The van der Waals surface area contributed by atoms with E-state index in [1.807, 2.05) is 42.5 Å². The van der Waals surface area contributed by atoms with Gasteiger partial charge in [0.1, 0.15) is 0 Å². The van der Waals surface area contributed by atoms with Crippen LogP contribution in [0.1, 0.15) is 27.0 Å². The van der Waals surface area contributed by atoms with Gasteiger partial charge in [-0.25, -0.2) is 4.68 Å². The summed E-state index contributed by atoms with van der Waals surface area (Å²) in [6.07, 6.45) is 0. The number of carbonyl (C=O) groups is 1.